The fraction of sp³-hybridized carbons (Fsp3) is 0.273. The highest BCUT2D eigenvalue weighted by Gasteiger charge is 2.30. The SMILES string of the molecule is N#Cc1c(-c2cccc(F)c2)c2cc(CC(O)CO)ccc2c(=O)n1C1CC1. The Bertz CT molecular complexity index is 1160. The summed E-state index contributed by atoms with van der Waals surface area (Å²) < 4.78 is 15.5. The molecular weight excluding hydrogens is 359 g/mol. The minimum Gasteiger partial charge on any atom is -0.394 e. The van der Waals surface area contributed by atoms with E-state index in [0.29, 0.717) is 21.9 Å². The number of nitriles is 1. The predicted octanol–water partition coefficient (Wildman–Crippen LogP) is 2.91. The number of rotatable bonds is 5. The Morgan fingerprint density at radius 3 is 2.64 bits per heavy atom. The van der Waals surface area contributed by atoms with E-state index in [2.05, 4.69) is 6.07 Å². The number of hydrogen-bond donors (Lipinski definition) is 2. The molecule has 1 heterocycles. The summed E-state index contributed by atoms with van der Waals surface area (Å²) in [6, 6.07) is 13.3. The van der Waals surface area contributed by atoms with Crippen molar-refractivity contribution in [2.24, 2.45) is 0 Å². The maximum Gasteiger partial charge on any atom is 0.259 e. The number of halogens is 1. The lowest BCUT2D eigenvalue weighted by Gasteiger charge is -2.17. The molecule has 0 saturated heterocycles. The Kier molecular flexibility index (Phi) is 4.71. The molecule has 3 aromatic rings. The number of fused-ring (bicyclic) bond motifs is 1. The maximum atomic E-state index is 13.9. The van der Waals surface area contributed by atoms with Crippen LogP contribution in [0.4, 0.5) is 4.39 Å². The molecule has 0 aliphatic heterocycles. The number of aliphatic hydroxyl groups is 2. The zero-order valence-corrected chi connectivity index (χ0v) is 15.1. The molecule has 142 valence electrons. The number of hydrogen-bond acceptors (Lipinski definition) is 4. The van der Waals surface area contributed by atoms with E-state index in [1.807, 2.05) is 0 Å². The van der Waals surface area contributed by atoms with Gasteiger partial charge >= 0.3 is 0 Å². The zero-order valence-electron chi connectivity index (χ0n) is 15.1. The van der Waals surface area contributed by atoms with E-state index in [0.717, 1.165) is 18.4 Å². The minimum absolute atomic E-state index is 0.00486. The van der Waals surface area contributed by atoms with Gasteiger partial charge in [-0.1, -0.05) is 24.3 Å². The summed E-state index contributed by atoms with van der Waals surface area (Å²) in [5, 5.41) is 29.7. The van der Waals surface area contributed by atoms with Gasteiger partial charge in [-0.05, 0) is 47.6 Å². The zero-order chi connectivity index (χ0) is 19.8. The first-order chi connectivity index (χ1) is 13.5. The van der Waals surface area contributed by atoms with Crippen molar-refractivity contribution < 1.29 is 14.6 Å². The highest BCUT2D eigenvalue weighted by atomic mass is 19.1. The largest absolute Gasteiger partial charge is 0.394 e. The van der Waals surface area contributed by atoms with Crippen molar-refractivity contribution in [3.8, 4) is 17.2 Å². The van der Waals surface area contributed by atoms with Crippen LogP contribution in [0.25, 0.3) is 21.9 Å². The van der Waals surface area contributed by atoms with E-state index in [1.165, 1.54) is 16.7 Å². The van der Waals surface area contributed by atoms with Crippen LogP contribution in [0.2, 0.25) is 0 Å². The average molecular weight is 378 g/mol. The van der Waals surface area contributed by atoms with Gasteiger partial charge in [-0.3, -0.25) is 9.36 Å². The van der Waals surface area contributed by atoms with E-state index in [-0.39, 0.29) is 30.3 Å². The van der Waals surface area contributed by atoms with Crippen LogP contribution in [0.3, 0.4) is 0 Å². The summed E-state index contributed by atoms with van der Waals surface area (Å²) in [4.78, 5) is 13.1. The van der Waals surface area contributed by atoms with Gasteiger partial charge in [0.1, 0.15) is 17.6 Å². The topological polar surface area (TPSA) is 86.2 Å². The molecule has 6 heteroatoms. The minimum atomic E-state index is -0.919. The average Bonchev–Trinajstić information content (AvgIpc) is 3.52. The predicted molar refractivity (Wildman–Crippen MR) is 103 cm³/mol. The first-order valence-corrected chi connectivity index (χ1v) is 9.19. The Labute approximate surface area is 160 Å². The highest BCUT2D eigenvalue weighted by Crippen LogP contribution is 2.39. The van der Waals surface area contributed by atoms with Crippen LogP contribution in [-0.4, -0.2) is 27.5 Å². The van der Waals surface area contributed by atoms with E-state index in [4.69, 9.17) is 5.11 Å². The van der Waals surface area contributed by atoms with Crippen molar-refractivity contribution >= 4 is 10.8 Å². The fourth-order valence-electron chi connectivity index (χ4n) is 3.65. The van der Waals surface area contributed by atoms with Crippen molar-refractivity contribution in [2.75, 3.05) is 6.61 Å². The van der Waals surface area contributed by atoms with E-state index in [9.17, 15) is 19.6 Å². The lowest BCUT2D eigenvalue weighted by Crippen LogP contribution is -2.23. The van der Waals surface area contributed by atoms with E-state index >= 15 is 0 Å². The lowest BCUT2D eigenvalue weighted by atomic mass is 9.94. The molecular formula is C22H19FN2O3. The first kappa shape index (κ1) is 18.4. The van der Waals surface area contributed by atoms with Gasteiger partial charge in [0, 0.05) is 23.4 Å². The van der Waals surface area contributed by atoms with Gasteiger partial charge in [0.05, 0.1) is 12.7 Å². The molecule has 1 fully saturated rings. The van der Waals surface area contributed by atoms with Crippen molar-refractivity contribution in [2.45, 2.75) is 31.4 Å². The van der Waals surface area contributed by atoms with Gasteiger partial charge in [-0.2, -0.15) is 5.26 Å². The number of aliphatic hydroxyl groups excluding tert-OH is 2. The smallest absolute Gasteiger partial charge is 0.259 e. The summed E-state index contributed by atoms with van der Waals surface area (Å²) in [6.07, 6.45) is 0.965. The van der Waals surface area contributed by atoms with Gasteiger partial charge in [0.25, 0.3) is 5.56 Å². The standard InChI is InChI=1S/C22H19FN2O3/c23-15-3-1-2-14(10-15)21-19-9-13(8-17(27)12-26)4-7-18(19)22(28)25(16-5-6-16)20(21)11-24/h1-4,7,9-10,16-17,26-27H,5-6,8,12H2. The summed E-state index contributed by atoms with van der Waals surface area (Å²) in [7, 11) is 0. The monoisotopic (exact) mass is 378 g/mol. The van der Waals surface area contributed by atoms with Crippen molar-refractivity contribution in [1.82, 2.24) is 4.57 Å². The van der Waals surface area contributed by atoms with Crippen LogP contribution in [0, 0.1) is 17.1 Å². The van der Waals surface area contributed by atoms with Crippen LogP contribution in [0.1, 0.15) is 30.1 Å². The van der Waals surface area contributed by atoms with Crippen LogP contribution in [0.15, 0.2) is 47.3 Å². The Morgan fingerprint density at radius 1 is 1.21 bits per heavy atom. The van der Waals surface area contributed by atoms with Crippen molar-refractivity contribution in [3.05, 3.63) is 69.9 Å². The third-order valence-corrected chi connectivity index (χ3v) is 5.09. The second-order valence-electron chi connectivity index (χ2n) is 7.17. The highest BCUT2D eigenvalue weighted by molar-refractivity contribution is 5.98. The summed E-state index contributed by atoms with van der Waals surface area (Å²) >= 11 is 0. The Hall–Kier alpha value is -3.01. The molecule has 1 aromatic heterocycles. The van der Waals surface area contributed by atoms with Gasteiger partial charge in [0.2, 0.25) is 0 Å². The van der Waals surface area contributed by atoms with Gasteiger partial charge in [-0.15, -0.1) is 0 Å². The molecule has 0 radical (unpaired) electrons. The molecule has 1 saturated carbocycles. The summed E-state index contributed by atoms with van der Waals surface area (Å²) in [5.41, 5.74) is 1.76. The van der Waals surface area contributed by atoms with E-state index < -0.39 is 11.9 Å². The molecule has 5 nitrogen and oxygen atoms in total. The van der Waals surface area contributed by atoms with Crippen LogP contribution in [0.5, 0.6) is 0 Å². The second kappa shape index (κ2) is 7.19. The molecule has 0 spiro atoms. The molecule has 2 N–H and O–H groups in total. The molecule has 0 amide bonds. The molecule has 2 aromatic carbocycles. The molecule has 28 heavy (non-hydrogen) atoms. The van der Waals surface area contributed by atoms with Crippen LogP contribution in [-0.2, 0) is 6.42 Å². The maximum absolute atomic E-state index is 13.9. The van der Waals surface area contributed by atoms with Gasteiger partial charge < -0.3 is 10.2 Å². The molecule has 4 rings (SSSR count). The number of nitrogens with zero attached hydrogens (tertiary/aromatic N) is 2. The third kappa shape index (κ3) is 3.19. The number of aromatic nitrogens is 1. The quantitative estimate of drug-likeness (QED) is 0.715. The number of pyridine rings is 1. The Morgan fingerprint density at radius 2 is 2.00 bits per heavy atom. The van der Waals surface area contributed by atoms with Crippen molar-refractivity contribution in [1.29, 1.82) is 5.26 Å². The molecule has 1 unspecified atom stereocenters. The van der Waals surface area contributed by atoms with Crippen molar-refractivity contribution in [3.63, 3.8) is 0 Å². The molecule has 0 bridgehead atoms. The molecule has 1 aliphatic carbocycles. The Balaban J connectivity index is 2.07. The van der Waals surface area contributed by atoms with Gasteiger partial charge in [-0.25, -0.2) is 4.39 Å². The summed E-state index contributed by atoms with van der Waals surface area (Å²) in [5.74, 6) is -0.425. The summed E-state index contributed by atoms with van der Waals surface area (Å²) in [6.45, 7) is -0.374. The second-order valence-corrected chi connectivity index (χ2v) is 7.17. The normalized spacial score (nSPS) is 14.8. The molecule has 1 atom stereocenters. The first-order valence-electron chi connectivity index (χ1n) is 9.19. The third-order valence-electron chi connectivity index (χ3n) is 5.09. The van der Waals surface area contributed by atoms with Crippen LogP contribution < -0.4 is 5.56 Å². The van der Waals surface area contributed by atoms with Gasteiger partial charge in [0.15, 0.2) is 0 Å². The lowest BCUT2D eigenvalue weighted by molar-refractivity contribution is 0.0955. The van der Waals surface area contributed by atoms with Crippen LogP contribution >= 0.6 is 0 Å². The van der Waals surface area contributed by atoms with E-state index in [1.54, 1.807) is 30.3 Å². The number of benzene rings is 2. The fourth-order valence-corrected chi connectivity index (χ4v) is 3.65. The molecule has 1 aliphatic rings.